The van der Waals surface area contributed by atoms with Crippen molar-refractivity contribution in [3.05, 3.63) is 60.2 Å². The zero-order valence-corrected chi connectivity index (χ0v) is 18.1. The molecule has 1 amide bonds. The molecule has 31 heavy (non-hydrogen) atoms. The second kappa shape index (κ2) is 9.27. The average Bonchev–Trinajstić information content (AvgIpc) is 3.16. The summed E-state index contributed by atoms with van der Waals surface area (Å²) in [5.74, 6) is -1.63. The van der Waals surface area contributed by atoms with Gasteiger partial charge in [0, 0.05) is 11.6 Å². The Labute approximate surface area is 183 Å². The lowest BCUT2D eigenvalue weighted by atomic mass is 9.90. The maximum Gasteiger partial charge on any atom is 0.231 e. The molecule has 0 aliphatic rings. The molecule has 6 nitrogen and oxygen atoms in total. The third kappa shape index (κ3) is 4.91. The number of hydrogen-bond acceptors (Lipinski definition) is 5. The van der Waals surface area contributed by atoms with Crippen LogP contribution in [0.5, 0.6) is 0 Å². The number of nitrogens with one attached hydrogen (secondary N) is 1. The summed E-state index contributed by atoms with van der Waals surface area (Å²) in [4.78, 5) is 12.5. The Morgan fingerprint density at radius 1 is 1.23 bits per heavy atom. The Hall–Kier alpha value is -3.25. The predicted molar refractivity (Wildman–Crippen MR) is 114 cm³/mol. The zero-order chi connectivity index (χ0) is 22.6. The summed E-state index contributed by atoms with van der Waals surface area (Å²) >= 11 is 1.05. The molecule has 0 saturated heterocycles. The first kappa shape index (κ1) is 22.4. The molecule has 3 aromatic rings. The highest BCUT2D eigenvalue weighted by atomic mass is 32.2. The third-order valence-corrected chi connectivity index (χ3v) is 5.86. The van der Waals surface area contributed by atoms with Crippen LogP contribution in [0.3, 0.4) is 0 Å². The van der Waals surface area contributed by atoms with Gasteiger partial charge in [0.05, 0.1) is 17.5 Å². The third-order valence-electron chi connectivity index (χ3n) is 4.93. The number of carbonyl (C=O) groups excluding carboxylic acids is 1. The number of nitriles is 1. The minimum absolute atomic E-state index is 0.0558. The van der Waals surface area contributed by atoms with Crippen molar-refractivity contribution in [2.24, 2.45) is 5.92 Å². The van der Waals surface area contributed by atoms with Crippen molar-refractivity contribution in [3.8, 4) is 23.1 Å². The molecule has 1 N–H and O–H groups in total. The summed E-state index contributed by atoms with van der Waals surface area (Å²) in [7, 11) is 0. The molecule has 0 aliphatic carbocycles. The molecule has 0 unspecified atom stereocenters. The van der Waals surface area contributed by atoms with Crippen molar-refractivity contribution < 1.29 is 13.6 Å². The topological polar surface area (TPSA) is 83.6 Å². The van der Waals surface area contributed by atoms with E-state index in [-0.39, 0.29) is 28.4 Å². The highest BCUT2D eigenvalue weighted by molar-refractivity contribution is 7.99. The van der Waals surface area contributed by atoms with Crippen LogP contribution in [0.2, 0.25) is 0 Å². The highest BCUT2D eigenvalue weighted by Gasteiger charge is 2.30. The van der Waals surface area contributed by atoms with Gasteiger partial charge < -0.3 is 5.32 Å². The largest absolute Gasteiger partial charge is 0.337 e. The molecule has 0 bridgehead atoms. The Kier molecular flexibility index (Phi) is 6.71. The van der Waals surface area contributed by atoms with Gasteiger partial charge in [-0.05, 0) is 25.0 Å². The summed E-state index contributed by atoms with van der Waals surface area (Å²) in [6.45, 7) is 5.34. The van der Waals surface area contributed by atoms with Crippen LogP contribution in [-0.2, 0) is 4.79 Å². The number of amides is 1. The fraction of sp³-hybridized carbons (Fsp3) is 0.273. The molecular weight excluding hydrogens is 420 g/mol. The summed E-state index contributed by atoms with van der Waals surface area (Å²) in [6.07, 6.45) is 0. The lowest BCUT2D eigenvalue weighted by Gasteiger charge is -2.27. The van der Waals surface area contributed by atoms with Crippen molar-refractivity contribution in [3.63, 3.8) is 0 Å². The van der Waals surface area contributed by atoms with E-state index in [1.54, 1.807) is 19.1 Å². The lowest BCUT2D eigenvalue weighted by Crippen LogP contribution is -2.49. The van der Waals surface area contributed by atoms with Crippen molar-refractivity contribution in [2.45, 2.75) is 31.5 Å². The van der Waals surface area contributed by atoms with E-state index in [2.05, 4.69) is 21.6 Å². The fourth-order valence-electron chi connectivity index (χ4n) is 2.77. The standard InChI is InChI=1S/C22H21F2N5OS/c1-14(2)22(3,13-25)26-19(30)12-31-21-28-27-20(15-7-5-4-6-8-15)29(21)18-10-9-16(23)11-17(18)24/h4-11,14H,12H2,1-3H3,(H,26,30)/t22-/m1/s1. The van der Waals surface area contributed by atoms with Crippen LogP contribution in [0.25, 0.3) is 17.1 Å². The van der Waals surface area contributed by atoms with Gasteiger partial charge in [-0.1, -0.05) is 55.9 Å². The normalized spacial score (nSPS) is 12.9. The van der Waals surface area contributed by atoms with E-state index in [1.165, 1.54) is 10.6 Å². The smallest absolute Gasteiger partial charge is 0.231 e. The Bertz CT molecular complexity index is 1130. The number of aromatic nitrogens is 3. The van der Waals surface area contributed by atoms with E-state index < -0.39 is 17.2 Å². The summed E-state index contributed by atoms with van der Waals surface area (Å²) in [5.41, 5.74) is -0.257. The molecule has 0 fully saturated rings. The number of carbonyl (C=O) groups is 1. The monoisotopic (exact) mass is 441 g/mol. The maximum absolute atomic E-state index is 14.6. The highest BCUT2D eigenvalue weighted by Crippen LogP contribution is 2.29. The average molecular weight is 442 g/mol. The summed E-state index contributed by atoms with van der Waals surface area (Å²) < 4.78 is 29.5. The number of thioether (sulfide) groups is 1. The lowest BCUT2D eigenvalue weighted by molar-refractivity contribution is -0.120. The van der Waals surface area contributed by atoms with Crippen LogP contribution in [0, 0.1) is 28.9 Å². The van der Waals surface area contributed by atoms with Crippen LogP contribution in [0.1, 0.15) is 20.8 Å². The van der Waals surface area contributed by atoms with Crippen molar-refractivity contribution in [2.75, 3.05) is 5.75 Å². The number of benzene rings is 2. The second-order valence-electron chi connectivity index (χ2n) is 7.41. The van der Waals surface area contributed by atoms with E-state index in [1.807, 2.05) is 32.0 Å². The Morgan fingerprint density at radius 2 is 1.94 bits per heavy atom. The fourth-order valence-corrected chi connectivity index (χ4v) is 3.52. The van der Waals surface area contributed by atoms with E-state index in [0.717, 1.165) is 23.9 Å². The number of hydrogen-bond donors (Lipinski definition) is 1. The van der Waals surface area contributed by atoms with Gasteiger partial charge in [0.15, 0.2) is 11.0 Å². The van der Waals surface area contributed by atoms with Gasteiger partial charge in [-0.25, -0.2) is 8.78 Å². The second-order valence-corrected chi connectivity index (χ2v) is 8.35. The van der Waals surface area contributed by atoms with Gasteiger partial charge >= 0.3 is 0 Å². The van der Waals surface area contributed by atoms with Crippen LogP contribution >= 0.6 is 11.8 Å². The van der Waals surface area contributed by atoms with Gasteiger partial charge in [-0.3, -0.25) is 9.36 Å². The molecule has 160 valence electrons. The van der Waals surface area contributed by atoms with Crippen LogP contribution in [0.4, 0.5) is 8.78 Å². The minimum Gasteiger partial charge on any atom is -0.337 e. The first-order chi connectivity index (χ1) is 14.7. The summed E-state index contributed by atoms with van der Waals surface area (Å²) in [6, 6.07) is 14.4. The van der Waals surface area contributed by atoms with Crippen LogP contribution in [-0.4, -0.2) is 32.0 Å². The van der Waals surface area contributed by atoms with E-state index in [4.69, 9.17) is 0 Å². The molecule has 1 heterocycles. The molecular formula is C22H21F2N5OS. The zero-order valence-electron chi connectivity index (χ0n) is 17.3. The SMILES string of the molecule is CC(C)[C@@](C)(C#N)NC(=O)CSc1nnc(-c2ccccc2)n1-c1ccc(F)cc1F. The minimum atomic E-state index is -1.01. The van der Waals surface area contributed by atoms with E-state index >= 15 is 0 Å². The van der Waals surface area contributed by atoms with E-state index in [9.17, 15) is 18.8 Å². The van der Waals surface area contributed by atoms with Gasteiger partial charge in [0.1, 0.15) is 17.2 Å². The number of halogens is 2. The van der Waals surface area contributed by atoms with Crippen molar-refractivity contribution in [1.29, 1.82) is 5.26 Å². The van der Waals surface area contributed by atoms with Gasteiger partial charge in [-0.15, -0.1) is 10.2 Å². The van der Waals surface area contributed by atoms with Crippen LogP contribution < -0.4 is 5.32 Å². The molecule has 0 saturated carbocycles. The van der Waals surface area contributed by atoms with Gasteiger partial charge in [0.2, 0.25) is 5.91 Å². The predicted octanol–water partition coefficient (Wildman–Crippen LogP) is 4.36. The number of nitrogens with zero attached hydrogens (tertiary/aromatic N) is 4. The first-order valence-corrected chi connectivity index (χ1v) is 10.5. The number of rotatable bonds is 7. The van der Waals surface area contributed by atoms with Gasteiger partial charge in [-0.2, -0.15) is 5.26 Å². The Morgan fingerprint density at radius 3 is 2.55 bits per heavy atom. The quantitative estimate of drug-likeness (QED) is 0.551. The molecule has 9 heteroatoms. The first-order valence-electron chi connectivity index (χ1n) is 9.56. The van der Waals surface area contributed by atoms with Gasteiger partial charge in [0.25, 0.3) is 0 Å². The molecule has 0 spiro atoms. The van der Waals surface area contributed by atoms with Crippen LogP contribution in [0.15, 0.2) is 53.7 Å². The van der Waals surface area contributed by atoms with Crippen molar-refractivity contribution in [1.82, 2.24) is 20.1 Å². The molecule has 0 radical (unpaired) electrons. The molecule has 1 aromatic heterocycles. The Balaban J connectivity index is 1.93. The van der Waals surface area contributed by atoms with E-state index in [0.29, 0.717) is 11.4 Å². The maximum atomic E-state index is 14.6. The molecule has 3 rings (SSSR count). The molecule has 1 atom stereocenters. The molecule has 2 aromatic carbocycles. The molecule has 0 aliphatic heterocycles. The van der Waals surface area contributed by atoms with Crippen molar-refractivity contribution >= 4 is 17.7 Å². The summed E-state index contributed by atoms with van der Waals surface area (Å²) in [5, 5.41) is 20.7.